The van der Waals surface area contributed by atoms with Crippen molar-refractivity contribution in [3.05, 3.63) is 0 Å². The third-order valence-corrected chi connectivity index (χ3v) is 2.45. The van der Waals surface area contributed by atoms with E-state index in [2.05, 4.69) is 18.9 Å². The number of aliphatic hydroxyl groups is 1. The molecule has 0 saturated heterocycles. The fraction of sp³-hybridized carbons (Fsp3) is 1.00. The Balaban J connectivity index is 2.17. The van der Waals surface area contributed by atoms with Crippen LogP contribution in [0.2, 0.25) is 0 Å². The van der Waals surface area contributed by atoms with Gasteiger partial charge >= 0.3 is 0 Å². The van der Waals surface area contributed by atoms with Crippen LogP contribution in [0.3, 0.4) is 0 Å². The molecule has 0 heterocycles. The minimum Gasteiger partial charge on any atom is -0.395 e. The van der Waals surface area contributed by atoms with Crippen molar-refractivity contribution in [3.63, 3.8) is 0 Å². The average Bonchev–Trinajstić information content (AvgIpc) is 2.68. The molecular formula is C8H17NO. The summed E-state index contributed by atoms with van der Waals surface area (Å²) in [4.78, 5) is 2.23. The molecule has 0 aromatic heterocycles. The molecule has 1 fully saturated rings. The summed E-state index contributed by atoms with van der Waals surface area (Å²) in [6, 6.07) is 0.673. The summed E-state index contributed by atoms with van der Waals surface area (Å²) < 4.78 is 0. The molecule has 0 aliphatic heterocycles. The number of likely N-dealkylation sites (N-methyl/N-ethyl adjacent to an activating group) is 1. The number of hydrogen-bond donors (Lipinski definition) is 1. The first-order chi connectivity index (χ1) is 4.75. The fourth-order valence-electron chi connectivity index (χ4n) is 1.30. The molecule has 1 aliphatic carbocycles. The molecule has 0 bridgehead atoms. The summed E-state index contributed by atoms with van der Waals surface area (Å²) in [6.07, 6.45) is 2.77. The van der Waals surface area contributed by atoms with E-state index in [1.807, 2.05) is 0 Å². The van der Waals surface area contributed by atoms with Crippen LogP contribution in [-0.2, 0) is 0 Å². The second-order valence-electron chi connectivity index (χ2n) is 3.28. The number of hydrogen-bond acceptors (Lipinski definition) is 2. The third kappa shape index (κ3) is 1.96. The van der Waals surface area contributed by atoms with E-state index in [9.17, 15) is 0 Å². The molecule has 0 aromatic carbocycles. The van der Waals surface area contributed by atoms with Gasteiger partial charge in [-0.05, 0) is 32.7 Å². The van der Waals surface area contributed by atoms with Gasteiger partial charge in [-0.15, -0.1) is 0 Å². The molecule has 60 valence electrons. The fourth-order valence-corrected chi connectivity index (χ4v) is 1.30. The molecule has 1 N–H and O–H groups in total. The molecular weight excluding hydrogens is 126 g/mol. The van der Waals surface area contributed by atoms with Crippen LogP contribution in [0.1, 0.15) is 19.8 Å². The van der Waals surface area contributed by atoms with Gasteiger partial charge < -0.3 is 10.0 Å². The zero-order valence-electron chi connectivity index (χ0n) is 6.88. The normalized spacial score (nSPS) is 21.6. The Labute approximate surface area is 62.8 Å². The van der Waals surface area contributed by atoms with Crippen LogP contribution in [0.5, 0.6) is 0 Å². The Hall–Kier alpha value is -0.0800. The Morgan fingerprint density at radius 1 is 1.60 bits per heavy atom. The van der Waals surface area contributed by atoms with E-state index in [0.29, 0.717) is 6.04 Å². The van der Waals surface area contributed by atoms with Gasteiger partial charge in [-0.1, -0.05) is 0 Å². The van der Waals surface area contributed by atoms with Crippen molar-refractivity contribution in [1.29, 1.82) is 0 Å². The smallest absolute Gasteiger partial charge is 0.0558 e. The zero-order valence-corrected chi connectivity index (χ0v) is 6.88. The van der Waals surface area contributed by atoms with Crippen LogP contribution in [0, 0.1) is 5.92 Å². The summed E-state index contributed by atoms with van der Waals surface area (Å²) in [5, 5.41) is 8.65. The molecule has 1 saturated carbocycles. The van der Waals surface area contributed by atoms with Crippen molar-refractivity contribution in [2.24, 2.45) is 5.92 Å². The van der Waals surface area contributed by atoms with Crippen LogP contribution in [0.4, 0.5) is 0 Å². The number of nitrogens with zero attached hydrogens (tertiary/aromatic N) is 1. The first-order valence-corrected chi connectivity index (χ1v) is 4.07. The van der Waals surface area contributed by atoms with Crippen LogP contribution < -0.4 is 0 Å². The maximum atomic E-state index is 8.65. The molecule has 2 nitrogen and oxygen atoms in total. The van der Waals surface area contributed by atoms with Crippen LogP contribution in [-0.4, -0.2) is 36.2 Å². The molecule has 10 heavy (non-hydrogen) atoms. The molecule has 1 rings (SSSR count). The van der Waals surface area contributed by atoms with Gasteiger partial charge in [0.25, 0.3) is 0 Å². The van der Waals surface area contributed by atoms with E-state index in [0.717, 1.165) is 12.5 Å². The first-order valence-electron chi connectivity index (χ1n) is 4.07. The number of aliphatic hydroxyl groups excluding tert-OH is 1. The molecule has 2 heteroatoms. The lowest BCUT2D eigenvalue weighted by molar-refractivity contribution is 0.176. The summed E-state index contributed by atoms with van der Waals surface area (Å²) in [6.45, 7) is 3.35. The lowest BCUT2D eigenvalue weighted by Gasteiger charge is -2.23. The highest BCUT2D eigenvalue weighted by molar-refractivity contribution is 4.83. The van der Waals surface area contributed by atoms with Gasteiger partial charge in [-0.2, -0.15) is 0 Å². The van der Waals surface area contributed by atoms with E-state index in [1.165, 1.54) is 12.8 Å². The van der Waals surface area contributed by atoms with Crippen molar-refractivity contribution in [1.82, 2.24) is 4.90 Å². The largest absolute Gasteiger partial charge is 0.395 e. The molecule has 0 aromatic rings. The topological polar surface area (TPSA) is 23.5 Å². The van der Waals surface area contributed by atoms with Crippen molar-refractivity contribution in [3.8, 4) is 0 Å². The van der Waals surface area contributed by atoms with Crippen molar-refractivity contribution >= 4 is 0 Å². The highest BCUT2D eigenvalue weighted by Gasteiger charge is 2.29. The van der Waals surface area contributed by atoms with E-state index < -0.39 is 0 Å². The predicted molar refractivity (Wildman–Crippen MR) is 41.9 cm³/mol. The third-order valence-electron chi connectivity index (χ3n) is 2.45. The quantitative estimate of drug-likeness (QED) is 0.626. The van der Waals surface area contributed by atoms with E-state index >= 15 is 0 Å². The van der Waals surface area contributed by atoms with E-state index in [4.69, 9.17) is 5.11 Å². The predicted octanol–water partition coefficient (Wildman–Crippen LogP) is 0.709. The van der Waals surface area contributed by atoms with Gasteiger partial charge in [0.2, 0.25) is 0 Å². The molecule has 0 radical (unpaired) electrons. The van der Waals surface area contributed by atoms with E-state index in [-0.39, 0.29) is 6.61 Å². The van der Waals surface area contributed by atoms with Gasteiger partial charge in [0.05, 0.1) is 6.61 Å². The SMILES string of the molecule is C[C@@H](C1CC1)N(C)CCO. The second kappa shape index (κ2) is 3.35. The van der Waals surface area contributed by atoms with Crippen LogP contribution in [0.15, 0.2) is 0 Å². The number of rotatable bonds is 4. The summed E-state index contributed by atoms with van der Waals surface area (Å²) in [7, 11) is 2.08. The van der Waals surface area contributed by atoms with Gasteiger partial charge in [-0.3, -0.25) is 0 Å². The Morgan fingerprint density at radius 2 is 2.20 bits per heavy atom. The molecule has 1 aliphatic rings. The van der Waals surface area contributed by atoms with Crippen molar-refractivity contribution < 1.29 is 5.11 Å². The Kier molecular flexibility index (Phi) is 2.69. The first kappa shape index (κ1) is 8.02. The van der Waals surface area contributed by atoms with Gasteiger partial charge in [-0.25, -0.2) is 0 Å². The minimum atomic E-state index is 0.285. The van der Waals surface area contributed by atoms with Crippen molar-refractivity contribution in [2.75, 3.05) is 20.2 Å². The lowest BCUT2D eigenvalue weighted by Crippen LogP contribution is -2.32. The van der Waals surface area contributed by atoms with Crippen LogP contribution >= 0.6 is 0 Å². The molecule has 0 unspecified atom stereocenters. The highest BCUT2D eigenvalue weighted by Crippen LogP contribution is 2.34. The maximum Gasteiger partial charge on any atom is 0.0558 e. The average molecular weight is 143 g/mol. The van der Waals surface area contributed by atoms with Gasteiger partial charge in [0, 0.05) is 12.6 Å². The van der Waals surface area contributed by atoms with Crippen molar-refractivity contribution in [2.45, 2.75) is 25.8 Å². The minimum absolute atomic E-state index is 0.285. The Morgan fingerprint density at radius 3 is 2.60 bits per heavy atom. The van der Waals surface area contributed by atoms with E-state index in [1.54, 1.807) is 0 Å². The monoisotopic (exact) mass is 143 g/mol. The zero-order chi connectivity index (χ0) is 7.56. The molecule has 0 spiro atoms. The molecule has 1 atom stereocenters. The maximum absolute atomic E-state index is 8.65. The molecule has 0 amide bonds. The summed E-state index contributed by atoms with van der Waals surface area (Å²) >= 11 is 0. The van der Waals surface area contributed by atoms with Gasteiger partial charge in [0.15, 0.2) is 0 Å². The standard InChI is InChI=1S/C8H17NO/c1-7(8-3-4-8)9(2)5-6-10/h7-8,10H,3-6H2,1-2H3/t7-/m0/s1. The highest BCUT2D eigenvalue weighted by atomic mass is 16.3. The summed E-state index contributed by atoms with van der Waals surface area (Å²) in [5.41, 5.74) is 0. The Bertz CT molecular complexity index is 101. The van der Waals surface area contributed by atoms with Crippen LogP contribution in [0.25, 0.3) is 0 Å². The lowest BCUT2D eigenvalue weighted by atomic mass is 10.2. The second-order valence-corrected chi connectivity index (χ2v) is 3.28. The van der Waals surface area contributed by atoms with Gasteiger partial charge in [0.1, 0.15) is 0 Å². The summed E-state index contributed by atoms with van der Waals surface area (Å²) in [5.74, 6) is 0.913.